The van der Waals surface area contributed by atoms with Gasteiger partial charge in [-0.25, -0.2) is 0 Å². The summed E-state index contributed by atoms with van der Waals surface area (Å²) >= 11 is 0. The first-order valence-corrected chi connectivity index (χ1v) is 6.21. The fourth-order valence-electron chi connectivity index (χ4n) is 2.14. The lowest BCUT2D eigenvalue weighted by molar-refractivity contribution is 0.300. The molecule has 2 aromatic carbocycles. The Morgan fingerprint density at radius 1 is 0.947 bits per heavy atom. The summed E-state index contributed by atoms with van der Waals surface area (Å²) in [7, 11) is 3.25. The highest BCUT2D eigenvalue weighted by molar-refractivity contribution is 5.70. The van der Waals surface area contributed by atoms with E-state index in [1.807, 2.05) is 42.5 Å². The number of hydrogen-bond acceptors (Lipinski definition) is 3. The molecule has 3 nitrogen and oxygen atoms in total. The lowest BCUT2D eigenvalue weighted by atomic mass is 9.97. The van der Waals surface area contributed by atoms with Gasteiger partial charge in [0.2, 0.25) is 0 Å². The average Bonchev–Trinajstić information content (AvgIpc) is 2.47. The van der Waals surface area contributed by atoms with Crippen molar-refractivity contribution in [2.45, 2.75) is 6.42 Å². The summed E-state index contributed by atoms with van der Waals surface area (Å²) < 4.78 is 10.6. The summed E-state index contributed by atoms with van der Waals surface area (Å²) in [6, 6.07) is 13.9. The second kappa shape index (κ2) is 6.25. The molecule has 0 spiro atoms. The third kappa shape index (κ3) is 2.88. The van der Waals surface area contributed by atoms with Gasteiger partial charge in [-0.3, -0.25) is 0 Å². The van der Waals surface area contributed by atoms with Gasteiger partial charge in [-0.2, -0.15) is 0 Å². The lowest BCUT2D eigenvalue weighted by Crippen LogP contribution is -1.95. The Labute approximate surface area is 113 Å². The van der Waals surface area contributed by atoms with Crippen LogP contribution in [0.4, 0.5) is 0 Å². The molecule has 100 valence electrons. The molecule has 0 bridgehead atoms. The van der Waals surface area contributed by atoms with Gasteiger partial charge in [-0.05, 0) is 35.2 Å². The molecule has 0 atom stereocenters. The van der Waals surface area contributed by atoms with Crippen molar-refractivity contribution < 1.29 is 14.6 Å². The van der Waals surface area contributed by atoms with E-state index in [9.17, 15) is 0 Å². The van der Waals surface area contributed by atoms with Crippen LogP contribution in [0.25, 0.3) is 11.1 Å². The summed E-state index contributed by atoms with van der Waals surface area (Å²) in [6.45, 7) is 0.143. The maximum atomic E-state index is 9.13. The molecule has 0 radical (unpaired) electrons. The minimum absolute atomic E-state index is 0.143. The number of hydrogen-bond donors (Lipinski definition) is 1. The second-order valence-electron chi connectivity index (χ2n) is 4.20. The number of ether oxygens (including phenoxy) is 2. The Bertz CT molecular complexity index is 549. The Balaban J connectivity index is 2.47. The van der Waals surface area contributed by atoms with Crippen LogP contribution in [0.5, 0.6) is 11.5 Å². The van der Waals surface area contributed by atoms with E-state index in [0.717, 1.165) is 16.7 Å². The van der Waals surface area contributed by atoms with E-state index < -0.39 is 0 Å². The first-order valence-electron chi connectivity index (χ1n) is 6.21. The molecule has 3 heteroatoms. The average molecular weight is 258 g/mol. The van der Waals surface area contributed by atoms with Crippen LogP contribution in [0.3, 0.4) is 0 Å². The maximum Gasteiger partial charge on any atom is 0.161 e. The zero-order valence-corrected chi connectivity index (χ0v) is 11.2. The van der Waals surface area contributed by atoms with E-state index in [4.69, 9.17) is 14.6 Å². The summed E-state index contributed by atoms with van der Waals surface area (Å²) in [6.07, 6.45) is 0.643. The van der Waals surface area contributed by atoms with E-state index in [-0.39, 0.29) is 6.61 Å². The van der Waals surface area contributed by atoms with Crippen molar-refractivity contribution in [2.75, 3.05) is 20.8 Å². The van der Waals surface area contributed by atoms with Crippen molar-refractivity contribution in [3.63, 3.8) is 0 Å². The zero-order chi connectivity index (χ0) is 13.7. The predicted octanol–water partition coefficient (Wildman–Crippen LogP) is 2.91. The van der Waals surface area contributed by atoms with Crippen molar-refractivity contribution >= 4 is 0 Å². The molecular weight excluding hydrogens is 240 g/mol. The highest BCUT2D eigenvalue weighted by atomic mass is 16.5. The maximum absolute atomic E-state index is 9.13. The Morgan fingerprint density at radius 2 is 1.68 bits per heavy atom. The SMILES string of the molecule is COc1ccc(-c2ccccc2CCO)cc1OC. The van der Waals surface area contributed by atoms with Crippen LogP contribution < -0.4 is 9.47 Å². The second-order valence-corrected chi connectivity index (χ2v) is 4.20. The number of methoxy groups -OCH3 is 2. The van der Waals surface area contributed by atoms with E-state index in [2.05, 4.69) is 0 Å². The van der Waals surface area contributed by atoms with Crippen LogP contribution in [-0.4, -0.2) is 25.9 Å². The minimum Gasteiger partial charge on any atom is -0.493 e. The van der Waals surface area contributed by atoms with Crippen LogP contribution in [0.2, 0.25) is 0 Å². The van der Waals surface area contributed by atoms with Gasteiger partial charge < -0.3 is 14.6 Å². The summed E-state index contributed by atoms with van der Waals surface area (Å²) in [5.41, 5.74) is 3.29. The van der Waals surface area contributed by atoms with Crippen molar-refractivity contribution in [3.05, 3.63) is 48.0 Å². The van der Waals surface area contributed by atoms with E-state index >= 15 is 0 Å². The van der Waals surface area contributed by atoms with Crippen LogP contribution in [0.1, 0.15) is 5.56 Å². The molecule has 0 aliphatic rings. The molecule has 0 saturated carbocycles. The van der Waals surface area contributed by atoms with Crippen LogP contribution in [-0.2, 0) is 6.42 Å². The molecule has 0 aliphatic carbocycles. The number of benzene rings is 2. The molecule has 2 aromatic rings. The minimum atomic E-state index is 0.143. The summed E-state index contributed by atoms with van der Waals surface area (Å²) in [5.74, 6) is 1.42. The molecule has 1 N–H and O–H groups in total. The van der Waals surface area contributed by atoms with Crippen LogP contribution in [0.15, 0.2) is 42.5 Å². The molecule has 0 fully saturated rings. The molecule has 19 heavy (non-hydrogen) atoms. The number of aliphatic hydroxyl groups excluding tert-OH is 1. The highest BCUT2D eigenvalue weighted by Gasteiger charge is 2.08. The Hall–Kier alpha value is -2.00. The largest absolute Gasteiger partial charge is 0.493 e. The fraction of sp³-hybridized carbons (Fsp3) is 0.250. The number of rotatable bonds is 5. The quantitative estimate of drug-likeness (QED) is 0.896. The molecular formula is C16H18O3. The van der Waals surface area contributed by atoms with Crippen LogP contribution in [0, 0.1) is 0 Å². The van der Waals surface area contributed by atoms with Gasteiger partial charge in [0.25, 0.3) is 0 Å². The molecule has 0 amide bonds. The van der Waals surface area contributed by atoms with Crippen molar-refractivity contribution in [3.8, 4) is 22.6 Å². The zero-order valence-electron chi connectivity index (χ0n) is 11.2. The Kier molecular flexibility index (Phi) is 4.42. The van der Waals surface area contributed by atoms with Crippen LogP contribution >= 0.6 is 0 Å². The van der Waals surface area contributed by atoms with E-state index in [1.165, 1.54) is 0 Å². The monoisotopic (exact) mass is 258 g/mol. The first-order chi connectivity index (χ1) is 9.30. The summed E-state index contributed by atoms with van der Waals surface area (Å²) in [5, 5.41) is 9.13. The third-order valence-electron chi connectivity index (χ3n) is 3.09. The first kappa shape index (κ1) is 13.4. The lowest BCUT2D eigenvalue weighted by Gasteiger charge is -2.12. The molecule has 2 rings (SSSR count). The predicted molar refractivity (Wildman–Crippen MR) is 75.8 cm³/mol. The normalized spacial score (nSPS) is 10.3. The van der Waals surface area contributed by atoms with Gasteiger partial charge >= 0.3 is 0 Å². The van der Waals surface area contributed by atoms with Gasteiger partial charge in [0.15, 0.2) is 11.5 Å². The molecule has 0 heterocycles. The summed E-state index contributed by atoms with van der Waals surface area (Å²) in [4.78, 5) is 0. The number of aliphatic hydroxyl groups is 1. The highest BCUT2D eigenvalue weighted by Crippen LogP contribution is 2.33. The third-order valence-corrected chi connectivity index (χ3v) is 3.09. The Morgan fingerprint density at radius 3 is 2.37 bits per heavy atom. The van der Waals surface area contributed by atoms with Gasteiger partial charge in [0, 0.05) is 6.61 Å². The molecule has 0 aromatic heterocycles. The smallest absolute Gasteiger partial charge is 0.161 e. The van der Waals surface area contributed by atoms with Gasteiger partial charge in [0.05, 0.1) is 14.2 Å². The van der Waals surface area contributed by atoms with Gasteiger partial charge in [-0.15, -0.1) is 0 Å². The topological polar surface area (TPSA) is 38.7 Å². The molecule has 0 aliphatic heterocycles. The fourth-order valence-corrected chi connectivity index (χ4v) is 2.14. The molecule has 0 unspecified atom stereocenters. The van der Waals surface area contributed by atoms with Crippen molar-refractivity contribution in [2.24, 2.45) is 0 Å². The molecule has 0 saturated heterocycles. The van der Waals surface area contributed by atoms with E-state index in [1.54, 1.807) is 14.2 Å². The van der Waals surface area contributed by atoms with Gasteiger partial charge in [0.1, 0.15) is 0 Å². The van der Waals surface area contributed by atoms with Gasteiger partial charge in [-0.1, -0.05) is 30.3 Å². The van der Waals surface area contributed by atoms with Crippen molar-refractivity contribution in [1.82, 2.24) is 0 Å². The van der Waals surface area contributed by atoms with Crippen molar-refractivity contribution in [1.29, 1.82) is 0 Å². The standard InChI is InChI=1S/C16H18O3/c1-18-15-8-7-13(11-16(15)19-2)14-6-4-3-5-12(14)9-10-17/h3-8,11,17H,9-10H2,1-2H3. The van der Waals surface area contributed by atoms with E-state index in [0.29, 0.717) is 17.9 Å².